The maximum Gasteiger partial charge on any atom is 0.165 e. The standard InChI is InChI=1S/C31H37N3O2/c1-22-9-8-10-27(33-22)30(6,35)16-15-23-17-26(19-32-18-23)31(36,29(5)20-34(7)21-29)25-13-11-24(12-14-25)28(2,3)4/h8-14,17-19,35-36H,20-21H2,1-7H3/t30?,31-/m0/s1. The number of aliphatic hydroxyl groups is 2. The first-order valence-electron chi connectivity index (χ1n) is 12.4. The predicted molar refractivity (Wildman–Crippen MR) is 143 cm³/mol. The minimum absolute atomic E-state index is 0.0252. The van der Waals surface area contributed by atoms with E-state index in [1.165, 1.54) is 5.56 Å². The topological polar surface area (TPSA) is 69.5 Å². The number of likely N-dealkylation sites (tertiary alicyclic amines) is 1. The summed E-state index contributed by atoms with van der Waals surface area (Å²) in [7, 11) is 2.06. The lowest BCUT2D eigenvalue weighted by molar-refractivity contribution is -0.127. The Kier molecular flexibility index (Phi) is 6.59. The van der Waals surface area contributed by atoms with Gasteiger partial charge >= 0.3 is 0 Å². The normalized spacial score (nSPS) is 18.8. The second-order valence-electron chi connectivity index (χ2n) is 11.7. The number of aryl methyl sites for hydroxylation is 1. The number of hydrogen-bond donors (Lipinski definition) is 2. The molecule has 1 aliphatic heterocycles. The van der Waals surface area contributed by atoms with Crippen LogP contribution in [0.1, 0.15) is 68.3 Å². The lowest BCUT2D eigenvalue weighted by Crippen LogP contribution is -2.63. The minimum Gasteiger partial charge on any atom is -0.380 e. The third kappa shape index (κ3) is 4.82. The zero-order valence-corrected chi connectivity index (χ0v) is 22.4. The van der Waals surface area contributed by atoms with Crippen LogP contribution >= 0.6 is 0 Å². The molecule has 3 heterocycles. The van der Waals surface area contributed by atoms with Crippen LogP contribution in [0, 0.1) is 24.2 Å². The molecule has 1 fully saturated rings. The van der Waals surface area contributed by atoms with E-state index in [2.05, 4.69) is 73.6 Å². The molecule has 0 bridgehead atoms. The number of nitrogens with zero attached hydrogens (tertiary/aromatic N) is 3. The maximum absolute atomic E-state index is 12.4. The first kappa shape index (κ1) is 26.0. The van der Waals surface area contributed by atoms with Gasteiger partial charge in [0.25, 0.3) is 0 Å². The summed E-state index contributed by atoms with van der Waals surface area (Å²) in [5.74, 6) is 6.02. The highest BCUT2D eigenvalue weighted by Gasteiger charge is 2.55. The molecule has 2 aromatic heterocycles. The second-order valence-corrected chi connectivity index (χ2v) is 11.7. The number of rotatable bonds is 4. The molecule has 0 aliphatic carbocycles. The van der Waals surface area contributed by atoms with Gasteiger partial charge in [-0.3, -0.25) is 9.97 Å². The Morgan fingerprint density at radius 2 is 1.56 bits per heavy atom. The quantitative estimate of drug-likeness (QED) is 0.534. The summed E-state index contributed by atoms with van der Waals surface area (Å²) >= 11 is 0. The van der Waals surface area contributed by atoms with Gasteiger partial charge in [0.15, 0.2) is 5.60 Å². The largest absolute Gasteiger partial charge is 0.380 e. The van der Waals surface area contributed by atoms with Crippen LogP contribution in [0.4, 0.5) is 0 Å². The highest BCUT2D eigenvalue weighted by molar-refractivity contribution is 5.45. The molecule has 0 amide bonds. The van der Waals surface area contributed by atoms with Crippen LogP contribution in [0.25, 0.3) is 0 Å². The van der Waals surface area contributed by atoms with E-state index in [9.17, 15) is 10.2 Å². The zero-order chi connectivity index (χ0) is 26.4. The van der Waals surface area contributed by atoms with Gasteiger partial charge in [0.1, 0.15) is 5.60 Å². The molecular weight excluding hydrogens is 446 g/mol. The van der Waals surface area contributed by atoms with E-state index in [1.807, 2.05) is 37.3 Å². The molecule has 3 aromatic rings. The Bertz CT molecular complexity index is 1310. The Balaban J connectivity index is 1.76. The Morgan fingerprint density at radius 1 is 0.917 bits per heavy atom. The molecule has 188 valence electrons. The van der Waals surface area contributed by atoms with Crippen molar-refractivity contribution < 1.29 is 10.2 Å². The van der Waals surface area contributed by atoms with Gasteiger partial charge in [0.2, 0.25) is 0 Å². The molecule has 2 atom stereocenters. The summed E-state index contributed by atoms with van der Waals surface area (Å²) in [6, 6.07) is 15.7. The van der Waals surface area contributed by atoms with E-state index in [0.717, 1.165) is 24.3 Å². The van der Waals surface area contributed by atoms with Crippen LogP contribution in [0.5, 0.6) is 0 Å². The van der Waals surface area contributed by atoms with Gasteiger partial charge in [-0.2, -0.15) is 0 Å². The van der Waals surface area contributed by atoms with Crippen LogP contribution in [0.2, 0.25) is 0 Å². The van der Waals surface area contributed by atoms with E-state index in [0.29, 0.717) is 16.8 Å². The van der Waals surface area contributed by atoms with Gasteiger partial charge in [-0.25, -0.2) is 0 Å². The molecule has 36 heavy (non-hydrogen) atoms. The molecule has 1 aromatic carbocycles. The average Bonchev–Trinajstić information content (AvgIpc) is 2.81. The number of hydrogen-bond acceptors (Lipinski definition) is 5. The van der Waals surface area contributed by atoms with Gasteiger partial charge in [0, 0.05) is 47.7 Å². The molecule has 0 spiro atoms. The van der Waals surface area contributed by atoms with Crippen molar-refractivity contribution in [3.8, 4) is 11.8 Å². The van der Waals surface area contributed by atoms with Crippen molar-refractivity contribution in [1.82, 2.24) is 14.9 Å². The number of pyridine rings is 2. The highest BCUT2D eigenvalue weighted by atomic mass is 16.3. The van der Waals surface area contributed by atoms with E-state index >= 15 is 0 Å². The van der Waals surface area contributed by atoms with Crippen LogP contribution in [-0.4, -0.2) is 45.2 Å². The SMILES string of the molecule is Cc1cccc(C(C)(O)C#Cc2cncc([C@@](O)(c3ccc(C(C)(C)C)cc3)C3(C)CN(C)C3)c2)n1. The van der Waals surface area contributed by atoms with E-state index < -0.39 is 16.6 Å². The smallest absolute Gasteiger partial charge is 0.165 e. The lowest BCUT2D eigenvalue weighted by Gasteiger charge is -2.55. The van der Waals surface area contributed by atoms with Crippen LogP contribution in [0.3, 0.4) is 0 Å². The fourth-order valence-electron chi connectivity index (χ4n) is 5.23. The maximum atomic E-state index is 12.4. The van der Waals surface area contributed by atoms with Crippen LogP contribution in [-0.2, 0) is 16.6 Å². The van der Waals surface area contributed by atoms with E-state index in [1.54, 1.807) is 25.4 Å². The molecule has 0 saturated carbocycles. The van der Waals surface area contributed by atoms with Crippen molar-refractivity contribution in [2.24, 2.45) is 5.41 Å². The van der Waals surface area contributed by atoms with Crippen molar-refractivity contribution >= 4 is 0 Å². The summed E-state index contributed by atoms with van der Waals surface area (Å²) in [5.41, 5.74) is 1.67. The van der Waals surface area contributed by atoms with Gasteiger partial charge < -0.3 is 15.1 Å². The van der Waals surface area contributed by atoms with Crippen LogP contribution < -0.4 is 0 Å². The summed E-state index contributed by atoms with van der Waals surface area (Å²) in [6.45, 7) is 13.7. The summed E-state index contributed by atoms with van der Waals surface area (Å²) in [4.78, 5) is 11.1. The van der Waals surface area contributed by atoms with Crippen molar-refractivity contribution in [3.05, 3.63) is 94.6 Å². The van der Waals surface area contributed by atoms with Gasteiger partial charge in [0.05, 0.1) is 5.69 Å². The molecule has 1 aliphatic rings. The van der Waals surface area contributed by atoms with Crippen molar-refractivity contribution in [2.45, 2.75) is 58.2 Å². The fraction of sp³-hybridized carbons (Fsp3) is 0.419. The molecule has 1 unspecified atom stereocenters. The van der Waals surface area contributed by atoms with Gasteiger partial charge in [-0.05, 0) is 55.6 Å². The van der Waals surface area contributed by atoms with Crippen molar-refractivity contribution in [3.63, 3.8) is 0 Å². The van der Waals surface area contributed by atoms with E-state index in [-0.39, 0.29) is 5.41 Å². The summed E-state index contributed by atoms with van der Waals surface area (Å²) < 4.78 is 0. The molecule has 0 radical (unpaired) electrons. The Labute approximate surface area is 215 Å². The zero-order valence-electron chi connectivity index (χ0n) is 22.4. The Hall–Kier alpha value is -3.04. The molecule has 2 N–H and O–H groups in total. The minimum atomic E-state index is -1.41. The van der Waals surface area contributed by atoms with Crippen molar-refractivity contribution in [1.29, 1.82) is 0 Å². The molecule has 4 rings (SSSR count). The third-order valence-electron chi connectivity index (χ3n) is 7.27. The predicted octanol–water partition coefficient (Wildman–Crippen LogP) is 4.53. The summed E-state index contributed by atoms with van der Waals surface area (Å²) in [6.07, 6.45) is 3.39. The third-order valence-corrected chi connectivity index (χ3v) is 7.27. The first-order valence-corrected chi connectivity index (χ1v) is 12.4. The average molecular weight is 484 g/mol. The first-order chi connectivity index (χ1) is 16.7. The highest BCUT2D eigenvalue weighted by Crippen LogP contribution is 2.50. The van der Waals surface area contributed by atoms with Crippen molar-refractivity contribution in [2.75, 3.05) is 20.1 Å². The van der Waals surface area contributed by atoms with Gasteiger partial charge in [-0.15, -0.1) is 0 Å². The summed E-state index contributed by atoms with van der Waals surface area (Å²) in [5, 5.41) is 23.4. The number of aromatic nitrogens is 2. The Morgan fingerprint density at radius 3 is 2.14 bits per heavy atom. The number of benzene rings is 1. The monoisotopic (exact) mass is 483 g/mol. The molecule has 5 heteroatoms. The second kappa shape index (κ2) is 9.12. The van der Waals surface area contributed by atoms with Crippen LogP contribution in [0.15, 0.2) is 60.9 Å². The molecule has 1 saturated heterocycles. The fourth-order valence-corrected chi connectivity index (χ4v) is 5.23. The lowest BCUT2D eigenvalue weighted by atomic mass is 9.62. The molecular formula is C31H37N3O2. The van der Waals surface area contributed by atoms with E-state index in [4.69, 9.17) is 0 Å². The molecule has 5 nitrogen and oxygen atoms in total. The van der Waals surface area contributed by atoms with Gasteiger partial charge in [-0.1, -0.05) is 69.9 Å².